The molecule has 270 valence electrons. The van der Waals surface area contributed by atoms with E-state index in [9.17, 15) is 0 Å². The first-order valence-corrected chi connectivity index (χ1v) is 20.2. The SMILES string of the molecule is CC(C)(C)C1C=CC(N2C3=C(C=CC(c4ccccc4)C3)B3c4ccc(-n5c6ccccc6c6ccccc65)cc4N(c4ccccc4)c4cccc2c43)=CC1. The molecule has 0 saturated carbocycles. The van der Waals surface area contributed by atoms with Gasteiger partial charge in [-0.15, -0.1) is 0 Å². The molecule has 4 aliphatic rings. The zero-order valence-corrected chi connectivity index (χ0v) is 32.2. The van der Waals surface area contributed by atoms with E-state index in [1.807, 2.05) is 0 Å². The number of rotatable bonds is 4. The Morgan fingerprint density at radius 3 is 1.93 bits per heavy atom. The summed E-state index contributed by atoms with van der Waals surface area (Å²) in [5.41, 5.74) is 16.9. The molecule has 0 radical (unpaired) electrons. The monoisotopic (exact) mass is 721 g/mol. The van der Waals surface area contributed by atoms with Crippen molar-refractivity contribution in [1.82, 2.24) is 4.57 Å². The summed E-state index contributed by atoms with van der Waals surface area (Å²) in [6.45, 7) is 7.18. The Labute approximate surface area is 330 Å². The number of hydrogen-bond acceptors (Lipinski definition) is 2. The fourth-order valence-corrected chi connectivity index (χ4v) is 9.98. The third-order valence-electron chi connectivity index (χ3n) is 12.8. The van der Waals surface area contributed by atoms with Crippen LogP contribution >= 0.6 is 0 Å². The van der Waals surface area contributed by atoms with Crippen LogP contribution in [0.15, 0.2) is 193 Å². The lowest BCUT2D eigenvalue weighted by molar-refractivity contribution is 0.293. The van der Waals surface area contributed by atoms with Crippen LogP contribution in [0.4, 0.5) is 22.7 Å². The number of allylic oxidation sites excluding steroid dienone is 7. The average Bonchev–Trinajstić information content (AvgIpc) is 3.58. The Kier molecular flexibility index (Phi) is 7.48. The predicted molar refractivity (Wildman–Crippen MR) is 238 cm³/mol. The van der Waals surface area contributed by atoms with Crippen LogP contribution in [0.1, 0.15) is 45.1 Å². The largest absolute Gasteiger partial charge is 0.315 e. The maximum Gasteiger partial charge on any atom is 0.251 e. The maximum atomic E-state index is 2.63. The second kappa shape index (κ2) is 12.6. The van der Waals surface area contributed by atoms with Crippen LogP contribution in [0.25, 0.3) is 27.5 Å². The zero-order chi connectivity index (χ0) is 37.5. The van der Waals surface area contributed by atoms with Gasteiger partial charge in [0.2, 0.25) is 0 Å². The standard InChI is InChI=1S/C52H44BN3/c1-52(2,3)37-26-28-39(29-27-37)55-48-24-14-23-47-51(48)53(43-31-25-36(33-49(43)55)35-15-6-4-7-16-35)44-32-30-40(34-50(44)54(47)38-17-8-5-9-18-38)56-45-21-12-10-19-41(45)42-20-11-13-22-46(42)56/h4-26,28-32,34,36-37H,27,33H2,1-3H3. The Morgan fingerprint density at radius 2 is 1.25 bits per heavy atom. The van der Waals surface area contributed by atoms with E-state index in [0.29, 0.717) is 11.8 Å². The molecule has 0 bridgehead atoms. The van der Waals surface area contributed by atoms with Crippen molar-refractivity contribution in [2.24, 2.45) is 11.3 Å². The Balaban J connectivity index is 1.15. The molecule has 56 heavy (non-hydrogen) atoms. The van der Waals surface area contributed by atoms with E-state index in [4.69, 9.17) is 0 Å². The van der Waals surface area contributed by atoms with Crippen LogP contribution < -0.4 is 20.7 Å². The summed E-state index contributed by atoms with van der Waals surface area (Å²) in [6.07, 6.45) is 14.3. The van der Waals surface area contributed by atoms with Crippen molar-refractivity contribution in [3.8, 4) is 5.69 Å². The first-order chi connectivity index (χ1) is 27.4. The Hall–Kier alpha value is -6.26. The third-order valence-corrected chi connectivity index (χ3v) is 12.8. The van der Waals surface area contributed by atoms with E-state index >= 15 is 0 Å². The van der Waals surface area contributed by atoms with Crippen molar-refractivity contribution in [2.45, 2.75) is 39.5 Å². The van der Waals surface area contributed by atoms with Gasteiger partial charge in [-0.05, 0) is 101 Å². The van der Waals surface area contributed by atoms with Crippen molar-refractivity contribution in [3.63, 3.8) is 0 Å². The molecule has 0 N–H and O–H groups in total. The van der Waals surface area contributed by atoms with Crippen molar-refractivity contribution in [1.29, 1.82) is 0 Å². The van der Waals surface area contributed by atoms with Gasteiger partial charge in [0.1, 0.15) is 0 Å². The normalized spacial score (nSPS) is 18.6. The molecular weight excluding hydrogens is 677 g/mol. The van der Waals surface area contributed by atoms with Crippen molar-refractivity contribution < 1.29 is 0 Å². The minimum Gasteiger partial charge on any atom is -0.315 e. The van der Waals surface area contributed by atoms with E-state index in [1.165, 1.54) is 83.6 Å². The second-order valence-electron chi connectivity index (χ2n) is 16.9. The number of fused-ring (bicyclic) bond motifs is 6. The minimum absolute atomic E-state index is 0.0954. The minimum atomic E-state index is 0.0954. The Bertz CT molecular complexity index is 2760. The zero-order valence-electron chi connectivity index (χ0n) is 32.2. The molecule has 0 spiro atoms. The predicted octanol–water partition coefficient (Wildman–Crippen LogP) is 12.0. The highest BCUT2D eigenvalue weighted by Crippen LogP contribution is 2.48. The van der Waals surface area contributed by atoms with Gasteiger partial charge in [-0.1, -0.05) is 142 Å². The van der Waals surface area contributed by atoms with Gasteiger partial charge in [-0.2, -0.15) is 0 Å². The second-order valence-corrected chi connectivity index (χ2v) is 16.9. The molecule has 3 nitrogen and oxygen atoms in total. The lowest BCUT2D eigenvalue weighted by atomic mass is 9.32. The highest BCUT2D eigenvalue weighted by atomic mass is 15.2. The summed E-state index contributed by atoms with van der Waals surface area (Å²) in [5, 5.41) is 2.55. The summed E-state index contributed by atoms with van der Waals surface area (Å²) in [7, 11) is 0. The highest BCUT2D eigenvalue weighted by Gasteiger charge is 2.45. The number of aromatic nitrogens is 1. The van der Waals surface area contributed by atoms with Crippen LogP contribution in [-0.2, 0) is 0 Å². The van der Waals surface area contributed by atoms with Gasteiger partial charge in [0, 0.05) is 56.5 Å². The van der Waals surface area contributed by atoms with Crippen LogP contribution in [-0.4, -0.2) is 11.3 Å². The molecule has 0 amide bonds. The molecule has 7 aromatic rings. The average molecular weight is 722 g/mol. The molecule has 2 atom stereocenters. The van der Waals surface area contributed by atoms with E-state index in [1.54, 1.807) is 0 Å². The molecule has 2 unspecified atom stereocenters. The van der Waals surface area contributed by atoms with E-state index < -0.39 is 0 Å². The summed E-state index contributed by atoms with van der Waals surface area (Å²) in [5.74, 6) is 0.814. The molecule has 4 heteroatoms. The van der Waals surface area contributed by atoms with Gasteiger partial charge in [0.15, 0.2) is 0 Å². The van der Waals surface area contributed by atoms with Crippen molar-refractivity contribution in [2.75, 3.05) is 9.80 Å². The first-order valence-electron chi connectivity index (χ1n) is 20.2. The summed E-state index contributed by atoms with van der Waals surface area (Å²) < 4.78 is 2.45. The van der Waals surface area contributed by atoms with Crippen LogP contribution in [0, 0.1) is 11.3 Å². The van der Waals surface area contributed by atoms with Gasteiger partial charge in [-0.3, -0.25) is 0 Å². The quantitative estimate of drug-likeness (QED) is 0.168. The maximum absolute atomic E-state index is 2.63. The molecule has 1 aromatic heterocycles. The van der Waals surface area contributed by atoms with Gasteiger partial charge in [-0.25, -0.2) is 0 Å². The Morgan fingerprint density at radius 1 is 0.589 bits per heavy atom. The van der Waals surface area contributed by atoms with Gasteiger partial charge >= 0.3 is 0 Å². The first kappa shape index (κ1) is 33.1. The third kappa shape index (κ3) is 5.05. The van der Waals surface area contributed by atoms with Gasteiger partial charge in [0.25, 0.3) is 6.71 Å². The molecule has 11 rings (SSSR count). The smallest absolute Gasteiger partial charge is 0.251 e. The van der Waals surface area contributed by atoms with Crippen LogP contribution in [0.3, 0.4) is 0 Å². The van der Waals surface area contributed by atoms with Crippen LogP contribution in [0.5, 0.6) is 0 Å². The van der Waals surface area contributed by atoms with E-state index in [0.717, 1.165) is 12.8 Å². The fraction of sp³-hybridized carbons (Fsp3) is 0.154. The topological polar surface area (TPSA) is 11.4 Å². The molecule has 0 saturated heterocycles. The summed E-state index contributed by atoms with van der Waals surface area (Å²) >= 11 is 0. The van der Waals surface area contributed by atoms with Crippen molar-refractivity contribution >= 4 is 62.2 Å². The number of hydrogen-bond donors (Lipinski definition) is 0. The van der Waals surface area contributed by atoms with Gasteiger partial charge in [0.05, 0.1) is 11.0 Å². The van der Waals surface area contributed by atoms with Crippen molar-refractivity contribution in [3.05, 3.63) is 198 Å². The van der Waals surface area contributed by atoms with E-state index in [-0.39, 0.29) is 12.1 Å². The highest BCUT2D eigenvalue weighted by molar-refractivity contribution is 6.95. The number of para-hydroxylation sites is 3. The van der Waals surface area contributed by atoms with E-state index in [2.05, 4.69) is 211 Å². The molecule has 6 aromatic carbocycles. The molecular formula is C52H44BN3. The summed E-state index contributed by atoms with van der Waals surface area (Å²) in [4.78, 5) is 5.14. The van der Waals surface area contributed by atoms with Gasteiger partial charge < -0.3 is 14.4 Å². The lowest BCUT2D eigenvalue weighted by Crippen LogP contribution is -2.56. The lowest BCUT2D eigenvalue weighted by Gasteiger charge is -2.47. The molecule has 2 aliphatic heterocycles. The molecule has 0 fully saturated rings. The summed E-state index contributed by atoms with van der Waals surface area (Å²) in [6, 6.07) is 53.9. The number of anilines is 4. The number of nitrogens with zero attached hydrogens (tertiary/aromatic N) is 3. The number of benzene rings is 6. The van der Waals surface area contributed by atoms with Crippen LogP contribution in [0.2, 0.25) is 0 Å². The fourth-order valence-electron chi connectivity index (χ4n) is 9.98. The molecule has 2 aliphatic carbocycles. The molecule has 3 heterocycles.